The van der Waals surface area contributed by atoms with E-state index in [0.29, 0.717) is 17.0 Å². The molecule has 1 unspecified atom stereocenters. The summed E-state index contributed by atoms with van der Waals surface area (Å²) in [6, 6.07) is 38.6. The van der Waals surface area contributed by atoms with Gasteiger partial charge in [-0.05, 0) is 24.3 Å². The summed E-state index contributed by atoms with van der Waals surface area (Å²) in [7, 11) is -4.05. The molecule has 0 N–H and O–H groups in total. The molecular formula is C29H21N3O2S. The van der Waals surface area contributed by atoms with Crippen molar-refractivity contribution in [3.63, 3.8) is 0 Å². The predicted octanol–water partition coefficient (Wildman–Crippen LogP) is 6.24. The number of para-hydroxylation sites is 1. The molecule has 0 fully saturated rings. The summed E-state index contributed by atoms with van der Waals surface area (Å²) < 4.78 is 29.4. The fourth-order valence-corrected chi connectivity index (χ4v) is 5.63. The van der Waals surface area contributed by atoms with Crippen LogP contribution in [-0.2, 0) is 9.84 Å². The van der Waals surface area contributed by atoms with Crippen LogP contribution < -0.4 is 0 Å². The van der Waals surface area contributed by atoms with Crippen LogP contribution in [-0.4, -0.2) is 18.2 Å². The van der Waals surface area contributed by atoms with Crippen molar-refractivity contribution in [3.05, 3.63) is 127 Å². The molecule has 0 spiro atoms. The third-order valence-electron chi connectivity index (χ3n) is 5.78. The van der Waals surface area contributed by atoms with Crippen molar-refractivity contribution in [1.29, 1.82) is 5.26 Å². The van der Waals surface area contributed by atoms with Gasteiger partial charge in [-0.25, -0.2) is 13.1 Å². The van der Waals surface area contributed by atoms with E-state index in [1.165, 1.54) is 12.1 Å². The van der Waals surface area contributed by atoms with Gasteiger partial charge < -0.3 is 0 Å². The molecule has 0 aliphatic carbocycles. The van der Waals surface area contributed by atoms with Crippen molar-refractivity contribution in [1.82, 2.24) is 9.78 Å². The number of rotatable bonds is 6. The summed E-state index contributed by atoms with van der Waals surface area (Å²) in [6.07, 6.45) is 0. The Morgan fingerprint density at radius 1 is 0.686 bits per heavy atom. The van der Waals surface area contributed by atoms with Crippen molar-refractivity contribution in [2.45, 2.75) is 10.1 Å². The van der Waals surface area contributed by atoms with Crippen LogP contribution in [0.15, 0.2) is 126 Å². The number of hydrogen-bond acceptors (Lipinski definition) is 4. The summed E-state index contributed by atoms with van der Waals surface area (Å²) in [5.74, 6) is 0. The van der Waals surface area contributed by atoms with E-state index >= 15 is 0 Å². The number of aromatic nitrogens is 2. The van der Waals surface area contributed by atoms with Crippen molar-refractivity contribution in [2.75, 3.05) is 0 Å². The monoisotopic (exact) mass is 475 g/mol. The minimum absolute atomic E-state index is 0.0945. The van der Waals surface area contributed by atoms with Gasteiger partial charge in [-0.1, -0.05) is 97.1 Å². The average Bonchev–Trinajstić information content (AvgIpc) is 3.31. The Hall–Kier alpha value is -4.47. The molecule has 0 saturated carbocycles. The highest BCUT2D eigenvalue weighted by Crippen LogP contribution is 2.42. The van der Waals surface area contributed by atoms with Crippen LogP contribution in [0.4, 0.5) is 0 Å². The van der Waals surface area contributed by atoms with E-state index in [4.69, 9.17) is 5.10 Å². The molecule has 0 aliphatic heterocycles. The molecule has 0 aliphatic rings. The topological polar surface area (TPSA) is 75.8 Å². The molecule has 4 aromatic carbocycles. The standard InChI is InChI=1S/C29H21N3O2S/c30-21-26(35(33,34)25-19-11-4-12-20-25)27-28(22-13-5-1-6-14-22)31-32(24-17-9-3-10-18-24)29(27)23-15-7-2-8-16-23/h1-20,26H. The second-order valence-corrected chi connectivity index (χ2v) is 9.99. The third-order valence-corrected chi connectivity index (χ3v) is 7.67. The van der Waals surface area contributed by atoms with Crippen LogP contribution in [0.1, 0.15) is 10.8 Å². The summed E-state index contributed by atoms with van der Waals surface area (Å²) in [6.45, 7) is 0. The fraction of sp³-hybridized carbons (Fsp3) is 0.0345. The smallest absolute Gasteiger partial charge is 0.198 e. The Labute approximate surface area is 204 Å². The molecular weight excluding hydrogens is 454 g/mol. The predicted molar refractivity (Wildman–Crippen MR) is 136 cm³/mol. The fourth-order valence-electron chi connectivity index (χ4n) is 4.15. The first-order valence-corrected chi connectivity index (χ1v) is 12.6. The molecule has 5 rings (SSSR count). The van der Waals surface area contributed by atoms with E-state index in [2.05, 4.69) is 6.07 Å². The maximum Gasteiger partial charge on any atom is 0.198 e. The highest BCUT2D eigenvalue weighted by Gasteiger charge is 2.37. The normalized spacial score (nSPS) is 12.1. The van der Waals surface area contributed by atoms with Gasteiger partial charge in [-0.3, -0.25) is 0 Å². The van der Waals surface area contributed by atoms with Crippen molar-refractivity contribution in [2.24, 2.45) is 0 Å². The van der Waals surface area contributed by atoms with E-state index in [9.17, 15) is 13.7 Å². The average molecular weight is 476 g/mol. The molecule has 0 saturated heterocycles. The molecule has 6 heteroatoms. The molecule has 5 nitrogen and oxygen atoms in total. The molecule has 0 amide bonds. The lowest BCUT2D eigenvalue weighted by molar-refractivity contribution is 0.591. The van der Waals surface area contributed by atoms with Gasteiger partial charge in [0.1, 0.15) is 0 Å². The van der Waals surface area contributed by atoms with Gasteiger partial charge >= 0.3 is 0 Å². The highest BCUT2D eigenvalue weighted by molar-refractivity contribution is 7.92. The third kappa shape index (κ3) is 4.14. The molecule has 1 aromatic heterocycles. The number of nitrogens with zero attached hydrogens (tertiary/aromatic N) is 3. The SMILES string of the molecule is N#CC(c1c(-c2ccccc2)nn(-c2ccccc2)c1-c1ccccc1)S(=O)(=O)c1ccccc1. The Morgan fingerprint density at radius 2 is 1.17 bits per heavy atom. The van der Waals surface area contributed by atoms with Crippen LogP contribution in [0.3, 0.4) is 0 Å². The minimum atomic E-state index is -4.05. The van der Waals surface area contributed by atoms with E-state index < -0.39 is 15.1 Å². The van der Waals surface area contributed by atoms with E-state index in [1.807, 2.05) is 91.0 Å². The zero-order valence-corrected chi connectivity index (χ0v) is 19.5. The molecule has 5 aromatic rings. The van der Waals surface area contributed by atoms with Crippen molar-refractivity contribution < 1.29 is 8.42 Å². The maximum absolute atomic E-state index is 13.8. The lowest BCUT2D eigenvalue weighted by atomic mass is 9.99. The van der Waals surface area contributed by atoms with Crippen LogP contribution >= 0.6 is 0 Å². The second kappa shape index (κ2) is 9.41. The van der Waals surface area contributed by atoms with Gasteiger partial charge in [0.25, 0.3) is 0 Å². The first-order valence-electron chi connectivity index (χ1n) is 11.1. The zero-order valence-electron chi connectivity index (χ0n) is 18.7. The quantitative estimate of drug-likeness (QED) is 0.291. The lowest BCUT2D eigenvalue weighted by Gasteiger charge is -2.15. The Balaban J connectivity index is 1.88. The maximum atomic E-state index is 13.8. The molecule has 170 valence electrons. The molecule has 35 heavy (non-hydrogen) atoms. The van der Waals surface area contributed by atoms with E-state index in [-0.39, 0.29) is 4.90 Å². The summed E-state index contributed by atoms with van der Waals surface area (Å²) in [4.78, 5) is 0.0945. The summed E-state index contributed by atoms with van der Waals surface area (Å²) in [5.41, 5.74) is 3.66. The number of sulfone groups is 1. The lowest BCUT2D eigenvalue weighted by Crippen LogP contribution is -2.14. The second-order valence-electron chi connectivity index (χ2n) is 7.96. The Kier molecular flexibility index (Phi) is 6.01. The first-order chi connectivity index (χ1) is 17.1. The van der Waals surface area contributed by atoms with Crippen LogP contribution in [0, 0.1) is 11.3 Å². The van der Waals surface area contributed by atoms with E-state index in [1.54, 1.807) is 22.9 Å². The number of hydrogen-bond donors (Lipinski definition) is 0. The van der Waals surface area contributed by atoms with Crippen LogP contribution in [0.25, 0.3) is 28.2 Å². The Morgan fingerprint density at radius 3 is 1.71 bits per heavy atom. The van der Waals surface area contributed by atoms with Crippen molar-refractivity contribution in [3.8, 4) is 34.3 Å². The molecule has 0 bridgehead atoms. The van der Waals surface area contributed by atoms with Gasteiger partial charge in [0.05, 0.1) is 28.0 Å². The van der Waals surface area contributed by atoms with Crippen LogP contribution in [0.2, 0.25) is 0 Å². The molecule has 1 atom stereocenters. The zero-order chi connectivity index (χ0) is 24.3. The molecule has 0 radical (unpaired) electrons. The summed E-state index contributed by atoms with van der Waals surface area (Å²) >= 11 is 0. The van der Waals surface area contributed by atoms with Crippen LogP contribution in [0.5, 0.6) is 0 Å². The van der Waals surface area contributed by atoms with Gasteiger partial charge in [0, 0.05) is 16.7 Å². The highest BCUT2D eigenvalue weighted by atomic mass is 32.2. The summed E-state index contributed by atoms with van der Waals surface area (Å²) in [5, 5.41) is 13.8. The first kappa shape index (κ1) is 22.3. The largest absolute Gasteiger partial charge is 0.232 e. The van der Waals surface area contributed by atoms with E-state index in [0.717, 1.165) is 16.8 Å². The van der Waals surface area contributed by atoms with Gasteiger partial charge in [0.15, 0.2) is 15.1 Å². The molecule has 1 heterocycles. The Bertz CT molecular complexity index is 1590. The van der Waals surface area contributed by atoms with Gasteiger partial charge in [0.2, 0.25) is 0 Å². The van der Waals surface area contributed by atoms with Gasteiger partial charge in [-0.2, -0.15) is 10.4 Å². The van der Waals surface area contributed by atoms with Gasteiger partial charge in [-0.15, -0.1) is 0 Å². The number of benzene rings is 4. The minimum Gasteiger partial charge on any atom is -0.232 e. The number of nitriles is 1. The van der Waals surface area contributed by atoms with Crippen molar-refractivity contribution >= 4 is 9.84 Å².